The molecule has 0 bridgehead atoms. The SMILES string of the molecule is CCOc1cc(C=Nn2c(CC)nc3ccc(Br)cc3c2=O)cc(Cl)c1OCc1ccc2c(c1)OCO2. The lowest BCUT2D eigenvalue weighted by atomic mass is 10.2. The van der Waals surface area contributed by atoms with Gasteiger partial charge in [-0.2, -0.15) is 9.78 Å². The zero-order valence-electron chi connectivity index (χ0n) is 20.2. The number of aryl methyl sites for hydroxylation is 1. The second-order valence-electron chi connectivity index (χ2n) is 8.14. The highest BCUT2D eigenvalue weighted by atomic mass is 79.9. The number of benzene rings is 3. The first-order chi connectivity index (χ1) is 18.0. The van der Waals surface area contributed by atoms with Crippen LogP contribution in [0.2, 0.25) is 5.02 Å². The molecule has 0 amide bonds. The van der Waals surface area contributed by atoms with E-state index in [0.29, 0.717) is 63.3 Å². The fourth-order valence-corrected chi connectivity index (χ4v) is 4.55. The summed E-state index contributed by atoms with van der Waals surface area (Å²) in [5.74, 6) is 2.83. The molecular weight excluding hydrogens is 562 g/mol. The van der Waals surface area contributed by atoms with Gasteiger partial charge in [-0.05, 0) is 60.5 Å². The molecule has 0 unspecified atom stereocenters. The molecule has 190 valence electrons. The maximum atomic E-state index is 13.2. The third kappa shape index (κ3) is 5.28. The number of hydrogen-bond acceptors (Lipinski definition) is 7. The third-order valence-electron chi connectivity index (χ3n) is 5.67. The van der Waals surface area contributed by atoms with Crippen LogP contribution in [0.3, 0.4) is 0 Å². The monoisotopic (exact) mass is 583 g/mol. The van der Waals surface area contributed by atoms with Crippen molar-refractivity contribution in [3.63, 3.8) is 0 Å². The predicted molar refractivity (Wildman–Crippen MR) is 146 cm³/mol. The van der Waals surface area contributed by atoms with Gasteiger partial charge in [-0.3, -0.25) is 4.79 Å². The summed E-state index contributed by atoms with van der Waals surface area (Å²) < 4.78 is 24.7. The van der Waals surface area contributed by atoms with Gasteiger partial charge in [0.2, 0.25) is 6.79 Å². The van der Waals surface area contributed by atoms with Gasteiger partial charge in [-0.1, -0.05) is 40.5 Å². The predicted octanol–water partition coefficient (Wildman–Crippen LogP) is 5.96. The molecule has 5 rings (SSSR count). The normalized spacial score (nSPS) is 12.4. The summed E-state index contributed by atoms with van der Waals surface area (Å²) in [6.07, 6.45) is 2.10. The van der Waals surface area contributed by atoms with Crippen molar-refractivity contribution in [3.05, 3.63) is 85.3 Å². The van der Waals surface area contributed by atoms with Crippen molar-refractivity contribution < 1.29 is 18.9 Å². The minimum absolute atomic E-state index is 0.210. The quantitative estimate of drug-likeness (QED) is 0.238. The highest BCUT2D eigenvalue weighted by Gasteiger charge is 2.16. The summed E-state index contributed by atoms with van der Waals surface area (Å²) in [6.45, 7) is 4.69. The molecule has 10 heteroatoms. The third-order valence-corrected chi connectivity index (χ3v) is 6.44. The Morgan fingerprint density at radius 2 is 1.95 bits per heavy atom. The molecule has 0 N–H and O–H groups in total. The van der Waals surface area contributed by atoms with E-state index in [2.05, 4.69) is 26.0 Å². The van der Waals surface area contributed by atoms with Gasteiger partial charge < -0.3 is 18.9 Å². The maximum Gasteiger partial charge on any atom is 0.282 e. The highest BCUT2D eigenvalue weighted by Crippen LogP contribution is 2.38. The standard InChI is InChI=1S/C27H23BrClN3O5/c1-3-25-31-21-7-6-18(28)12-19(21)27(33)32(25)30-13-17-9-20(29)26(24(11-17)34-4-2)35-14-16-5-8-22-23(10-16)37-15-36-22/h5-13H,3-4,14-15H2,1-2H3. The van der Waals surface area contributed by atoms with Crippen molar-refractivity contribution in [2.75, 3.05) is 13.4 Å². The summed E-state index contributed by atoms with van der Waals surface area (Å²) in [4.78, 5) is 17.8. The Bertz CT molecular complexity index is 1570. The first-order valence-corrected chi connectivity index (χ1v) is 12.9. The van der Waals surface area contributed by atoms with Crippen LogP contribution in [-0.2, 0) is 13.0 Å². The smallest absolute Gasteiger partial charge is 0.282 e. The minimum Gasteiger partial charge on any atom is -0.490 e. The van der Waals surface area contributed by atoms with Gasteiger partial charge in [0, 0.05) is 10.9 Å². The van der Waals surface area contributed by atoms with Crippen LogP contribution in [-0.4, -0.2) is 29.3 Å². The molecule has 0 atom stereocenters. The van der Waals surface area contributed by atoms with Crippen molar-refractivity contribution in [1.29, 1.82) is 0 Å². The van der Waals surface area contributed by atoms with Gasteiger partial charge in [0.05, 0.1) is 28.7 Å². The van der Waals surface area contributed by atoms with Gasteiger partial charge in [-0.15, -0.1) is 0 Å². The molecule has 3 aromatic carbocycles. The van der Waals surface area contributed by atoms with E-state index in [1.54, 1.807) is 24.4 Å². The van der Waals surface area contributed by atoms with Gasteiger partial charge >= 0.3 is 0 Å². The van der Waals surface area contributed by atoms with E-state index < -0.39 is 0 Å². The highest BCUT2D eigenvalue weighted by molar-refractivity contribution is 9.10. The van der Waals surface area contributed by atoms with Crippen LogP contribution in [0.15, 0.2) is 62.9 Å². The average molecular weight is 585 g/mol. The molecular formula is C27H23BrClN3O5. The lowest BCUT2D eigenvalue weighted by molar-refractivity contribution is 0.174. The summed E-state index contributed by atoms with van der Waals surface area (Å²) in [5, 5.41) is 5.28. The molecule has 1 aromatic heterocycles. The summed E-state index contributed by atoms with van der Waals surface area (Å²) in [7, 11) is 0. The van der Waals surface area contributed by atoms with E-state index >= 15 is 0 Å². The van der Waals surface area contributed by atoms with E-state index in [9.17, 15) is 4.79 Å². The van der Waals surface area contributed by atoms with E-state index in [4.69, 9.17) is 30.5 Å². The van der Waals surface area contributed by atoms with E-state index in [1.165, 1.54) is 4.68 Å². The number of rotatable bonds is 8. The van der Waals surface area contributed by atoms with Crippen LogP contribution < -0.4 is 24.5 Å². The zero-order valence-corrected chi connectivity index (χ0v) is 22.5. The first-order valence-electron chi connectivity index (χ1n) is 11.7. The van der Waals surface area contributed by atoms with Crippen molar-refractivity contribution in [3.8, 4) is 23.0 Å². The Morgan fingerprint density at radius 3 is 2.76 bits per heavy atom. The molecule has 1 aliphatic rings. The van der Waals surface area contributed by atoms with E-state index in [0.717, 1.165) is 10.0 Å². The molecule has 0 saturated carbocycles. The molecule has 0 spiro atoms. The summed E-state index contributed by atoms with van der Waals surface area (Å²) >= 11 is 10.0. The fraction of sp³-hybridized carbons (Fsp3) is 0.222. The van der Waals surface area contributed by atoms with Crippen molar-refractivity contribution in [2.45, 2.75) is 26.9 Å². The molecule has 0 aliphatic carbocycles. The number of halogens is 2. The molecule has 1 aliphatic heterocycles. The molecule has 37 heavy (non-hydrogen) atoms. The van der Waals surface area contributed by atoms with Gasteiger partial charge in [0.15, 0.2) is 23.0 Å². The van der Waals surface area contributed by atoms with Crippen LogP contribution in [0.25, 0.3) is 10.9 Å². The van der Waals surface area contributed by atoms with E-state index in [-0.39, 0.29) is 19.0 Å². The summed E-state index contributed by atoms with van der Waals surface area (Å²) in [6, 6.07) is 14.5. The Morgan fingerprint density at radius 1 is 1.11 bits per heavy atom. The fourth-order valence-electron chi connectivity index (χ4n) is 3.92. The molecule has 2 heterocycles. The Labute approximate surface area is 226 Å². The van der Waals surface area contributed by atoms with Crippen LogP contribution in [0.1, 0.15) is 30.8 Å². The lowest BCUT2D eigenvalue weighted by Gasteiger charge is -2.15. The lowest BCUT2D eigenvalue weighted by Crippen LogP contribution is -2.22. The Kier molecular flexibility index (Phi) is 7.34. The number of hydrogen-bond donors (Lipinski definition) is 0. The van der Waals surface area contributed by atoms with Gasteiger partial charge in [-0.25, -0.2) is 4.98 Å². The number of aromatic nitrogens is 2. The topological polar surface area (TPSA) is 84.2 Å². The van der Waals surface area contributed by atoms with Crippen LogP contribution in [0.5, 0.6) is 23.0 Å². The van der Waals surface area contributed by atoms with Crippen LogP contribution >= 0.6 is 27.5 Å². The largest absolute Gasteiger partial charge is 0.490 e. The van der Waals surface area contributed by atoms with Gasteiger partial charge in [0.25, 0.3) is 5.56 Å². The van der Waals surface area contributed by atoms with Crippen LogP contribution in [0.4, 0.5) is 0 Å². The molecule has 4 aromatic rings. The Balaban J connectivity index is 1.44. The molecule has 0 radical (unpaired) electrons. The molecule has 8 nitrogen and oxygen atoms in total. The second-order valence-corrected chi connectivity index (χ2v) is 9.47. The summed E-state index contributed by atoms with van der Waals surface area (Å²) in [5.41, 5.74) is 1.92. The average Bonchev–Trinajstić information content (AvgIpc) is 3.36. The minimum atomic E-state index is -0.251. The van der Waals surface area contributed by atoms with Crippen molar-refractivity contribution in [1.82, 2.24) is 9.66 Å². The van der Waals surface area contributed by atoms with Crippen molar-refractivity contribution in [2.24, 2.45) is 5.10 Å². The van der Waals surface area contributed by atoms with Crippen LogP contribution in [0, 0.1) is 0 Å². The number of ether oxygens (including phenoxy) is 4. The molecule has 0 fully saturated rings. The van der Waals surface area contributed by atoms with E-state index in [1.807, 2.05) is 44.2 Å². The number of fused-ring (bicyclic) bond motifs is 2. The second kappa shape index (κ2) is 10.8. The van der Waals surface area contributed by atoms with Crippen molar-refractivity contribution >= 4 is 44.6 Å². The zero-order chi connectivity index (χ0) is 25.9. The molecule has 0 saturated heterocycles. The first kappa shape index (κ1) is 25.1. The maximum absolute atomic E-state index is 13.2. The Hall–Kier alpha value is -3.56. The number of nitrogens with zero attached hydrogens (tertiary/aromatic N) is 3. The van der Waals surface area contributed by atoms with Gasteiger partial charge in [0.1, 0.15) is 12.4 Å².